The predicted molar refractivity (Wildman–Crippen MR) is 158 cm³/mol. The summed E-state index contributed by atoms with van der Waals surface area (Å²) in [6.07, 6.45) is 6.04. The van der Waals surface area contributed by atoms with Crippen molar-refractivity contribution in [2.45, 2.75) is 57.7 Å². The van der Waals surface area contributed by atoms with Crippen molar-refractivity contribution in [2.24, 2.45) is 7.05 Å². The number of carboxylic acids is 1. The number of rotatable bonds is 8. The van der Waals surface area contributed by atoms with Crippen LogP contribution in [0.4, 0.5) is 8.78 Å². The third-order valence-electron chi connectivity index (χ3n) is 8.64. The van der Waals surface area contributed by atoms with Crippen molar-refractivity contribution in [1.82, 2.24) is 29.5 Å². The van der Waals surface area contributed by atoms with Crippen LogP contribution in [0.5, 0.6) is 5.75 Å². The molecule has 0 bridgehead atoms. The fourth-order valence-corrected chi connectivity index (χ4v) is 8.14. The highest BCUT2D eigenvalue weighted by Crippen LogP contribution is 2.37. The normalized spacial score (nSPS) is 20.7. The number of hydrogen-bond donors (Lipinski definition) is 2. The number of carboxylic acid groups (broad SMARTS) is 1. The average Bonchev–Trinajstić information content (AvgIpc) is 3.33. The largest absolute Gasteiger partial charge is 0.481 e. The number of benzene rings is 2. The third kappa shape index (κ3) is 5.63. The van der Waals surface area contributed by atoms with Gasteiger partial charge in [-0.3, -0.25) is 4.79 Å². The van der Waals surface area contributed by atoms with Gasteiger partial charge in [0, 0.05) is 45.2 Å². The van der Waals surface area contributed by atoms with Crippen molar-refractivity contribution < 1.29 is 31.8 Å². The van der Waals surface area contributed by atoms with Crippen molar-refractivity contribution in [2.75, 3.05) is 19.6 Å². The first-order valence-corrected chi connectivity index (χ1v) is 16.0. The minimum Gasteiger partial charge on any atom is -0.481 e. The van der Waals surface area contributed by atoms with Gasteiger partial charge in [0.25, 0.3) is 0 Å². The molecule has 234 valence electrons. The number of nitrogens with one attached hydrogen (secondary N) is 1. The van der Waals surface area contributed by atoms with E-state index in [1.165, 1.54) is 15.1 Å². The summed E-state index contributed by atoms with van der Waals surface area (Å²) in [6, 6.07) is 8.50. The molecule has 4 heterocycles. The molecule has 0 spiro atoms. The number of piperidine rings is 1. The first kappa shape index (κ1) is 30.0. The molecule has 2 aromatic carbocycles. The molecule has 2 atom stereocenters. The van der Waals surface area contributed by atoms with Gasteiger partial charge in [-0.25, -0.2) is 13.1 Å². The van der Waals surface area contributed by atoms with E-state index >= 15 is 0 Å². The van der Waals surface area contributed by atoms with E-state index in [1.54, 1.807) is 31.3 Å². The van der Waals surface area contributed by atoms with Crippen LogP contribution in [0.25, 0.3) is 11.0 Å². The van der Waals surface area contributed by atoms with E-state index in [9.17, 15) is 27.1 Å². The molecule has 6 rings (SSSR count). The summed E-state index contributed by atoms with van der Waals surface area (Å²) in [4.78, 5) is 14.5. The second-order valence-electron chi connectivity index (χ2n) is 11.5. The van der Waals surface area contributed by atoms with Gasteiger partial charge in [-0.2, -0.15) is 13.1 Å². The number of nitrogens with zero attached hydrogens (tertiary/aromatic N) is 5. The third-order valence-corrected chi connectivity index (χ3v) is 10.5. The van der Waals surface area contributed by atoms with Crippen molar-refractivity contribution in [1.29, 1.82) is 0 Å². The van der Waals surface area contributed by atoms with E-state index < -0.39 is 28.5 Å². The molecular formula is C30H34F2N6O5S. The molecule has 1 aromatic heterocycles. The van der Waals surface area contributed by atoms with Gasteiger partial charge >= 0.3 is 12.6 Å². The highest BCUT2D eigenvalue weighted by molar-refractivity contribution is 7.93. The van der Waals surface area contributed by atoms with Gasteiger partial charge in [0.2, 0.25) is 10.0 Å². The molecule has 0 aliphatic carbocycles. The van der Waals surface area contributed by atoms with E-state index in [1.807, 2.05) is 19.1 Å². The summed E-state index contributed by atoms with van der Waals surface area (Å²) < 4.78 is 62.4. The molecule has 11 nitrogen and oxygen atoms in total. The Labute approximate surface area is 253 Å². The Morgan fingerprint density at radius 1 is 1.20 bits per heavy atom. The zero-order valence-corrected chi connectivity index (χ0v) is 25.2. The van der Waals surface area contributed by atoms with Crippen LogP contribution in [0.2, 0.25) is 0 Å². The fraction of sp³-hybridized carbons (Fsp3) is 0.433. The zero-order chi connectivity index (χ0) is 31.2. The van der Waals surface area contributed by atoms with Gasteiger partial charge in [-0.05, 0) is 66.6 Å². The molecule has 0 radical (unpaired) electrons. The standard InChI is InChI=1S/C30H34F2N6O5S/c1-18-8-9-19(23(15-27(39)40)20-13-24-28(36(2)35-34-24)25(14-20)43-30(31)32)12-21(18)16-37-17-22-6-3-4-11-38(22)29-26(44(37,41)42)7-5-10-33-29/h5,7-9,12-14,22-23,30,33H,3-4,6,10-11,15-17H2,1-2H3,(H,39,40)/t22-,23+/m1/s1. The number of aliphatic carboxylic acids is 1. The van der Waals surface area contributed by atoms with Crippen LogP contribution in [-0.4, -0.2) is 76.0 Å². The molecule has 0 amide bonds. The van der Waals surface area contributed by atoms with Crippen LogP contribution in [0.1, 0.15) is 53.9 Å². The monoisotopic (exact) mass is 628 g/mol. The SMILES string of the molecule is Cc1ccc([C@H](CC(=O)O)c2cc(OC(F)F)c3c(c2)nnn3C)cc1CN1C[C@H]2CCCCN2C2=C(C=CCN2)S1(=O)=O. The van der Waals surface area contributed by atoms with E-state index in [0.717, 1.165) is 36.9 Å². The Morgan fingerprint density at radius 3 is 2.80 bits per heavy atom. The van der Waals surface area contributed by atoms with Crippen molar-refractivity contribution in [3.8, 4) is 5.75 Å². The van der Waals surface area contributed by atoms with E-state index in [0.29, 0.717) is 30.0 Å². The highest BCUT2D eigenvalue weighted by Gasteiger charge is 2.40. The van der Waals surface area contributed by atoms with Crippen LogP contribution >= 0.6 is 0 Å². The zero-order valence-electron chi connectivity index (χ0n) is 24.4. The number of dihydropyridines is 1. The molecule has 3 aliphatic rings. The summed E-state index contributed by atoms with van der Waals surface area (Å²) in [5.74, 6) is -1.34. The highest BCUT2D eigenvalue weighted by atomic mass is 32.2. The summed E-state index contributed by atoms with van der Waals surface area (Å²) in [5.41, 5.74) is 3.14. The van der Waals surface area contributed by atoms with Crippen molar-refractivity contribution in [3.05, 3.63) is 75.5 Å². The van der Waals surface area contributed by atoms with E-state index in [-0.39, 0.29) is 40.7 Å². The number of aryl methyl sites for hydroxylation is 2. The predicted octanol–water partition coefficient (Wildman–Crippen LogP) is 3.81. The number of sulfonamides is 1. The maximum Gasteiger partial charge on any atom is 0.387 e. The van der Waals surface area contributed by atoms with Crippen molar-refractivity contribution >= 4 is 27.0 Å². The number of alkyl halides is 2. The summed E-state index contributed by atoms with van der Waals surface area (Å²) in [6.45, 7) is 0.550. The van der Waals surface area contributed by atoms with Gasteiger partial charge in [0.15, 0.2) is 5.75 Å². The quantitative estimate of drug-likeness (QED) is 0.383. The Hall–Kier alpha value is -4.04. The lowest BCUT2D eigenvalue weighted by Crippen LogP contribution is -2.46. The topological polar surface area (TPSA) is 130 Å². The number of hydrogen-bond acceptors (Lipinski definition) is 8. The Morgan fingerprint density at radius 2 is 2.02 bits per heavy atom. The van der Waals surface area contributed by atoms with Gasteiger partial charge in [0.1, 0.15) is 21.8 Å². The smallest absolute Gasteiger partial charge is 0.387 e. The number of allylic oxidation sites excluding steroid dienone is 1. The first-order valence-electron chi connectivity index (χ1n) is 14.5. The lowest BCUT2D eigenvalue weighted by molar-refractivity contribution is -0.137. The maximum atomic E-state index is 14.0. The Balaban J connectivity index is 1.40. The van der Waals surface area contributed by atoms with Gasteiger partial charge in [-0.1, -0.05) is 29.5 Å². The van der Waals surface area contributed by atoms with Crippen LogP contribution in [-0.2, 0) is 28.4 Å². The molecule has 3 aromatic rings. The molecule has 0 unspecified atom stereocenters. The fourth-order valence-electron chi connectivity index (χ4n) is 6.48. The Bertz CT molecular complexity index is 1770. The molecule has 3 aliphatic heterocycles. The number of halogens is 2. The molecule has 1 fully saturated rings. The number of carbonyl (C=O) groups is 1. The molecular weight excluding hydrogens is 594 g/mol. The molecule has 1 saturated heterocycles. The molecule has 44 heavy (non-hydrogen) atoms. The minimum absolute atomic E-state index is 0.0280. The number of aromatic nitrogens is 3. The van der Waals surface area contributed by atoms with Gasteiger partial charge in [-0.15, -0.1) is 5.10 Å². The second-order valence-corrected chi connectivity index (χ2v) is 13.4. The first-order chi connectivity index (χ1) is 21.0. The summed E-state index contributed by atoms with van der Waals surface area (Å²) in [5, 5.41) is 21.1. The lowest BCUT2D eigenvalue weighted by Gasteiger charge is -2.39. The van der Waals surface area contributed by atoms with Gasteiger partial charge < -0.3 is 20.1 Å². The minimum atomic E-state index is -3.85. The maximum absolute atomic E-state index is 14.0. The van der Waals surface area contributed by atoms with Gasteiger partial charge in [0.05, 0.1) is 6.42 Å². The van der Waals surface area contributed by atoms with Crippen molar-refractivity contribution in [3.63, 3.8) is 0 Å². The lowest BCUT2D eigenvalue weighted by atomic mass is 9.86. The number of ether oxygens (including phenoxy) is 1. The second kappa shape index (κ2) is 11.8. The molecule has 0 saturated carbocycles. The van der Waals surface area contributed by atoms with Crippen LogP contribution in [0.3, 0.4) is 0 Å². The Kier molecular flexibility index (Phi) is 8.05. The van der Waals surface area contributed by atoms with Crippen LogP contribution < -0.4 is 10.1 Å². The van der Waals surface area contributed by atoms with Crippen LogP contribution in [0, 0.1) is 6.92 Å². The van der Waals surface area contributed by atoms with E-state index in [2.05, 4.69) is 20.5 Å². The van der Waals surface area contributed by atoms with Crippen LogP contribution in [0.15, 0.2) is 53.2 Å². The number of fused-ring (bicyclic) bond motifs is 3. The van der Waals surface area contributed by atoms with E-state index in [4.69, 9.17) is 4.74 Å². The molecule has 2 N–H and O–H groups in total. The summed E-state index contributed by atoms with van der Waals surface area (Å²) in [7, 11) is -2.30. The average molecular weight is 629 g/mol. The molecule has 14 heteroatoms. The summed E-state index contributed by atoms with van der Waals surface area (Å²) >= 11 is 0.